The van der Waals surface area contributed by atoms with Gasteiger partial charge >= 0.3 is 0 Å². The van der Waals surface area contributed by atoms with Gasteiger partial charge in [0.2, 0.25) is 0 Å². The lowest BCUT2D eigenvalue weighted by Gasteiger charge is -2.10. The number of benzene rings is 2. The van der Waals surface area contributed by atoms with Gasteiger partial charge < -0.3 is 4.74 Å². The standard InChI is InChI=1S/C20H17ClN2O3/c21-18-10-9-15(19-8-4-5-11-22-19)14-17(18)20(24)23-26-13-12-25-16-6-2-1-3-7-16/h1-11,14H,12-13H2,(H,23,24). The number of aromatic nitrogens is 1. The lowest BCUT2D eigenvalue weighted by atomic mass is 10.1. The Morgan fingerprint density at radius 2 is 1.81 bits per heavy atom. The summed E-state index contributed by atoms with van der Waals surface area (Å²) in [6, 6.07) is 20.1. The van der Waals surface area contributed by atoms with Crippen LogP contribution in [0.4, 0.5) is 0 Å². The van der Waals surface area contributed by atoms with Gasteiger partial charge in [0, 0.05) is 11.8 Å². The summed E-state index contributed by atoms with van der Waals surface area (Å²) in [5.41, 5.74) is 4.26. The summed E-state index contributed by atoms with van der Waals surface area (Å²) in [5, 5.41) is 0.339. The van der Waals surface area contributed by atoms with Crippen molar-refractivity contribution in [2.75, 3.05) is 13.2 Å². The van der Waals surface area contributed by atoms with E-state index >= 15 is 0 Å². The fourth-order valence-corrected chi connectivity index (χ4v) is 2.48. The van der Waals surface area contributed by atoms with Crippen molar-refractivity contribution in [3.63, 3.8) is 0 Å². The van der Waals surface area contributed by atoms with Gasteiger partial charge in [-0.2, -0.15) is 0 Å². The normalized spacial score (nSPS) is 10.3. The van der Waals surface area contributed by atoms with E-state index < -0.39 is 5.91 Å². The van der Waals surface area contributed by atoms with Gasteiger partial charge in [0.1, 0.15) is 19.0 Å². The van der Waals surface area contributed by atoms with E-state index in [1.165, 1.54) is 0 Å². The highest BCUT2D eigenvalue weighted by Crippen LogP contribution is 2.23. The smallest absolute Gasteiger partial charge is 0.276 e. The van der Waals surface area contributed by atoms with Crippen molar-refractivity contribution in [1.82, 2.24) is 10.5 Å². The summed E-state index contributed by atoms with van der Waals surface area (Å²) in [7, 11) is 0. The lowest BCUT2D eigenvalue weighted by Crippen LogP contribution is -2.26. The maximum absolute atomic E-state index is 12.3. The zero-order chi connectivity index (χ0) is 18.2. The Kier molecular flexibility index (Phi) is 6.19. The third kappa shape index (κ3) is 4.81. The summed E-state index contributed by atoms with van der Waals surface area (Å²) in [4.78, 5) is 21.7. The number of hydrogen-bond acceptors (Lipinski definition) is 4. The number of ether oxygens (including phenoxy) is 1. The van der Waals surface area contributed by atoms with Crippen molar-refractivity contribution < 1.29 is 14.4 Å². The van der Waals surface area contributed by atoms with Crippen molar-refractivity contribution in [1.29, 1.82) is 0 Å². The molecule has 1 aromatic heterocycles. The van der Waals surface area contributed by atoms with E-state index in [1.807, 2.05) is 54.6 Å². The molecule has 3 rings (SSSR count). The van der Waals surface area contributed by atoms with Crippen LogP contribution >= 0.6 is 11.6 Å². The van der Waals surface area contributed by atoms with Gasteiger partial charge in [-0.05, 0) is 36.4 Å². The highest BCUT2D eigenvalue weighted by atomic mass is 35.5. The zero-order valence-electron chi connectivity index (χ0n) is 13.9. The Hall–Kier alpha value is -2.89. The minimum Gasteiger partial charge on any atom is -0.491 e. The maximum Gasteiger partial charge on any atom is 0.276 e. The van der Waals surface area contributed by atoms with Crippen LogP contribution in [0, 0.1) is 0 Å². The molecule has 1 N–H and O–H groups in total. The average Bonchev–Trinajstić information content (AvgIpc) is 2.69. The molecule has 0 fully saturated rings. The molecule has 0 bridgehead atoms. The monoisotopic (exact) mass is 368 g/mol. The molecule has 6 heteroatoms. The van der Waals surface area contributed by atoms with Crippen molar-refractivity contribution >= 4 is 17.5 Å². The van der Waals surface area contributed by atoms with Crippen LogP contribution in [0.5, 0.6) is 5.75 Å². The fourth-order valence-electron chi connectivity index (χ4n) is 2.28. The molecule has 0 aliphatic heterocycles. The first-order valence-electron chi connectivity index (χ1n) is 8.05. The Bertz CT molecular complexity index is 857. The number of carbonyl (C=O) groups is 1. The second kappa shape index (κ2) is 8.99. The van der Waals surface area contributed by atoms with Crippen LogP contribution in [-0.2, 0) is 4.84 Å². The molecule has 0 saturated heterocycles. The number of hydrogen-bond donors (Lipinski definition) is 1. The summed E-state index contributed by atoms with van der Waals surface area (Å²) in [6.07, 6.45) is 1.69. The first-order valence-corrected chi connectivity index (χ1v) is 8.43. The molecule has 2 aromatic carbocycles. The van der Waals surface area contributed by atoms with E-state index in [1.54, 1.807) is 18.3 Å². The van der Waals surface area contributed by atoms with Crippen LogP contribution in [0.3, 0.4) is 0 Å². The van der Waals surface area contributed by atoms with Gasteiger partial charge in [-0.1, -0.05) is 41.9 Å². The van der Waals surface area contributed by atoms with E-state index in [0.29, 0.717) is 17.2 Å². The van der Waals surface area contributed by atoms with Gasteiger partial charge in [0.05, 0.1) is 16.3 Å². The number of pyridine rings is 1. The summed E-state index contributed by atoms with van der Waals surface area (Å²) in [5.74, 6) is 0.320. The zero-order valence-corrected chi connectivity index (χ0v) is 14.6. The summed E-state index contributed by atoms with van der Waals surface area (Å²) >= 11 is 6.14. The van der Waals surface area contributed by atoms with E-state index in [9.17, 15) is 4.79 Å². The van der Waals surface area contributed by atoms with E-state index in [2.05, 4.69) is 10.5 Å². The van der Waals surface area contributed by atoms with Gasteiger partial charge in [0.25, 0.3) is 5.91 Å². The SMILES string of the molecule is O=C(NOCCOc1ccccc1)c1cc(-c2ccccn2)ccc1Cl. The molecule has 0 radical (unpaired) electrons. The fraction of sp³-hybridized carbons (Fsp3) is 0.100. The highest BCUT2D eigenvalue weighted by molar-refractivity contribution is 6.34. The Morgan fingerprint density at radius 3 is 2.58 bits per heavy atom. The number of amides is 1. The molecular weight excluding hydrogens is 352 g/mol. The van der Waals surface area contributed by atoms with Crippen LogP contribution in [0.15, 0.2) is 72.9 Å². The second-order valence-electron chi connectivity index (χ2n) is 5.35. The minimum absolute atomic E-state index is 0.207. The second-order valence-corrected chi connectivity index (χ2v) is 5.76. The molecule has 1 heterocycles. The molecule has 0 aliphatic carbocycles. The van der Waals surface area contributed by atoms with Gasteiger partial charge in [-0.25, -0.2) is 5.48 Å². The van der Waals surface area contributed by atoms with Crippen LogP contribution in [0.25, 0.3) is 11.3 Å². The molecular formula is C20H17ClN2O3. The van der Waals surface area contributed by atoms with Crippen LogP contribution in [0.1, 0.15) is 10.4 Å². The number of nitrogens with zero attached hydrogens (tertiary/aromatic N) is 1. The van der Waals surface area contributed by atoms with Gasteiger partial charge in [-0.3, -0.25) is 14.6 Å². The van der Waals surface area contributed by atoms with Crippen molar-refractivity contribution in [3.05, 3.63) is 83.5 Å². The predicted molar refractivity (Wildman–Crippen MR) is 100 cm³/mol. The maximum atomic E-state index is 12.3. The summed E-state index contributed by atoms with van der Waals surface area (Å²) in [6.45, 7) is 0.518. The molecule has 0 spiro atoms. The topological polar surface area (TPSA) is 60.5 Å². The molecule has 1 amide bonds. The predicted octanol–water partition coefficient (Wildman–Crippen LogP) is 4.14. The Balaban J connectivity index is 1.54. The quantitative estimate of drug-likeness (QED) is 0.503. The molecule has 5 nitrogen and oxygen atoms in total. The number of hydroxylamine groups is 1. The van der Waals surface area contributed by atoms with E-state index in [4.69, 9.17) is 21.2 Å². The number of carbonyl (C=O) groups excluding carboxylic acids is 1. The molecule has 26 heavy (non-hydrogen) atoms. The largest absolute Gasteiger partial charge is 0.491 e. The molecule has 0 unspecified atom stereocenters. The molecule has 3 aromatic rings. The number of nitrogens with one attached hydrogen (secondary N) is 1. The molecule has 132 valence electrons. The minimum atomic E-state index is -0.424. The van der Waals surface area contributed by atoms with E-state index in [0.717, 1.165) is 17.0 Å². The van der Waals surface area contributed by atoms with Crippen molar-refractivity contribution in [2.24, 2.45) is 0 Å². The van der Waals surface area contributed by atoms with Crippen molar-refractivity contribution in [2.45, 2.75) is 0 Å². The number of halogens is 1. The molecule has 0 atom stereocenters. The first kappa shape index (κ1) is 17.9. The summed E-state index contributed by atoms with van der Waals surface area (Å²) < 4.78 is 5.48. The number of para-hydroxylation sites is 1. The molecule has 0 saturated carbocycles. The lowest BCUT2D eigenvalue weighted by molar-refractivity contribution is 0.0200. The van der Waals surface area contributed by atoms with Gasteiger partial charge in [-0.15, -0.1) is 0 Å². The van der Waals surface area contributed by atoms with Crippen LogP contribution in [0.2, 0.25) is 5.02 Å². The first-order chi connectivity index (χ1) is 12.7. The van der Waals surface area contributed by atoms with Gasteiger partial charge in [0.15, 0.2) is 0 Å². The molecule has 0 aliphatic rings. The average molecular weight is 369 g/mol. The van der Waals surface area contributed by atoms with Crippen LogP contribution in [-0.4, -0.2) is 24.1 Å². The highest BCUT2D eigenvalue weighted by Gasteiger charge is 2.12. The number of rotatable bonds is 7. The van der Waals surface area contributed by atoms with Crippen LogP contribution < -0.4 is 10.2 Å². The Labute approximate surface area is 156 Å². The Morgan fingerprint density at radius 1 is 1.00 bits per heavy atom. The third-order valence-corrected chi connectivity index (χ3v) is 3.86. The third-order valence-electron chi connectivity index (χ3n) is 3.53. The van der Waals surface area contributed by atoms with E-state index in [-0.39, 0.29) is 6.61 Å². The van der Waals surface area contributed by atoms with Crippen molar-refractivity contribution in [3.8, 4) is 17.0 Å².